The van der Waals surface area contributed by atoms with Gasteiger partial charge in [-0.2, -0.15) is 0 Å². The van der Waals surface area contributed by atoms with E-state index in [1.54, 1.807) is 17.2 Å². The van der Waals surface area contributed by atoms with E-state index in [1.165, 1.54) is 35.6 Å². The number of hydrogen-bond acceptors (Lipinski definition) is 6. The molecule has 1 aliphatic carbocycles. The number of hydrogen-bond donors (Lipinski definition) is 1. The third-order valence-corrected chi connectivity index (χ3v) is 6.35. The van der Waals surface area contributed by atoms with Gasteiger partial charge < -0.3 is 19.7 Å². The van der Waals surface area contributed by atoms with Crippen molar-refractivity contribution in [1.29, 1.82) is 0 Å². The van der Waals surface area contributed by atoms with Crippen LogP contribution in [0.15, 0.2) is 67.0 Å². The van der Waals surface area contributed by atoms with E-state index in [0.29, 0.717) is 31.8 Å². The van der Waals surface area contributed by atoms with Gasteiger partial charge in [-0.15, -0.1) is 0 Å². The van der Waals surface area contributed by atoms with E-state index >= 15 is 0 Å². The number of aromatic nitrogens is 1. The predicted molar refractivity (Wildman–Crippen MR) is 123 cm³/mol. The van der Waals surface area contributed by atoms with E-state index < -0.39 is 5.97 Å². The number of esters is 1. The number of fused-ring (bicyclic) bond motifs is 3. The fourth-order valence-electron chi connectivity index (χ4n) is 4.70. The van der Waals surface area contributed by atoms with E-state index in [9.17, 15) is 9.59 Å². The Morgan fingerprint density at radius 2 is 1.76 bits per heavy atom. The zero-order valence-corrected chi connectivity index (χ0v) is 18.4. The third kappa shape index (κ3) is 4.07. The second-order valence-corrected chi connectivity index (χ2v) is 8.26. The highest BCUT2D eigenvalue weighted by atomic mass is 16.6. The second kappa shape index (κ2) is 9.03. The van der Waals surface area contributed by atoms with Gasteiger partial charge in [0.1, 0.15) is 6.61 Å². The zero-order chi connectivity index (χ0) is 22.8. The summed E-state index contributed by atoms with van der Waals surface area (Å²) in [5.41, 5.74) is 6.00. The first-order chi connectivity index (χ1) is 16.2. The number of carbonyl (C=O) groups excluding carboxylic acids is 2. The molecule has 1 aromatic heterocycles. The molecule has 1 aliphatic heterocycles. The predicted octanol–water partition coefficient (Wildman–Crippen LogP) is 3.76. The number of methoxy groups -OCH3 is 1. The lowest BCUT2D eigenvalue weighted by Crippen LogP contribution is -2.48. The van der Waals surface area contributed by atoms with Crippen LogP contribution in [0, 0.1) is 0 Å². The number of nitrogens with one attached hydrogen (secondary N) is 1. The number of amides is 1. The molecule has 0 saturated carbocycles. The summed E-state index contributed by atoms with van der Waals surface area (Å²) < 4.78 is 10.6. The lowest BCUT2D eigenvalue weighted by atomic mass is 9.98. The maximum atomic E-state index is 13.0. The molecule has 0 spiro atoms. The topological polar surface area (TPSA) is 80.8 Å². The normalized spacial score (nSPS) is 17.2. The molecule has 33 heavy (non-hydrogen) atoms. The fraction of sp³-hybridized carbons (Fsp3) is 0.269. The molecular formula is C26H25N3O4. The standard InChI is InChI=1S/C26H25N3O4/c1-32-25(30)18-12-17(13-27-14-18)24-15-29(11-10-28-24)26(31)33-16-23-21-8-4-2-6-19(21)20-7-3-5-9-22(20)23/h2-9,12-14,23-24,28H,10-11,15-16H2,1H3. The van der Waals surface area contributed by atoms with Crippen molar-refractivity contribution in [2.24, 2.45) is 0 Å². The maximum Gasteiger partial charge on any atom is 0.409 e. The second-order valence-electron chi connectivity index (χ2n) is 8.26. The molecule has 1 amide bonds. The Hall–Kier alpha value is -3.71. The van der Waals surface area contributed by atoms with Gasteiger partial charge in [-0.1, -0.05) is 48.5 Å². The zero-order valence-electron chi connectivity index (χ0n) is 18.4. The molecule has 1 unspecified atom stereocenters. The SMILES string of the molecule is COC(=O)c1cncc(C2CN(C(=O)OCC3c4ccccc4-c4ccccc43)CCN2)c1. The summed E-state index contributed by atoms with van der Waals surface area (Å²) in [6, 6.07) is 18.2. The number of nitrogens with zero attached hydrogens (tertiary/aromatic N) is 2. The van der Waals surface area contributed by atoms with Gasteiger partial charge >= 0.3 is 12.1 Å². The average Bonchev–Trinajstić information content (AvgIpc) is 3.20. The summed E-state index contributed by atoms with van der Waals surface area (Å²) in [5, 5.41) is 3.39. The molecule has 7 nitrogen and oxygen atoms in total. The smallest absolute Gasteiger partial charge is 0.409 e. The summed E-state index contributed by atoms with van der Waals surface area (Å²) >= 11 is 0. The summed E-state index contributed by atoms with van der Waals surface area (Å²) in [6.45, 7) is 1.90. The van der Waals surface area contributed by atoms with Gasteiger partial charge in [-0.25, -0.2) is 9.59 Å². The monoisotopic (exact) mass is 443 g/mol. The van der Waals surface area contributed by atoms with Crippen LogP contribution in [0.2, 0.25) is 0 Å². The lowest BCUT2D eigenvalue weighted by Gasteiger charge is -2.33. The van der Waals surface area contributed by atoms with E-state index in [-0.39, 0.29) is 18.1 Å². The van der Waals surface area contributed by atoms with Gasteiger partial charge in [0.25, 0.3) is 0 Å². The molecular weight excluding hydrogens is 418 g/mol. The van der Waals surface area contributed by atoms with Crippen molar-refractivity contribution in [3.63, 3.8) is 0 Å². The molecule has 1 atom stereocenters. The first-order valence-corrected chi connectivity index (χ1v) is 11.0. The Morgan fingerprint density at radius 3 is 2.45 bits per heavy atom. The van der Waals surface area contributed by atoms with Gasteiger partial charge in [-0.3, -0.25) is 4.98 Å². The Labute approximate surface area is 192 Å². The number of carbonyl (C=O) groups is 2. The van der Waals surface area contributed by atoms with E-state index in [2.05, 4.69) is 34.6 Å². The minimum absolute atomic E-state index is 0.0287. The summed E-state index contributed by atoms with van der Waals surface area (Å²) in [7, 11) is 1.34. The van der Waals surface area contributed by atoms with E-state index in [0.717, 1.165) is 5.56 Å². The highest BCUT2D eigenvalue weighted by Gasteiger charge is 2.31. The highest BCUT2D eigenvalue weighted by Crippen LogP contribution is 2.44. The molecule has 1 N–H and O–H groups in total. The minimum atomic E-state index is -0.437. The van der Waals surface area contributed by atoms with Gasteiger partial charge in [0, 0.05) is 37.9 Å². The molecule has 1 saturated heterocycles. The quantitative estimate of drug-likeness (QED) is 0.619. The van der Waals surface area contributed by atoms with Gasteiger partial charge in [0.2, 0.25) is 0 Å². The van der Waals surface area contributed by atoms with Crippen molar-refractivity contribution in [2.45, 2.75) is 12.0 Å². The molecule has 3 aromatic rings. The molecule has 2 aromatic carbocycles. The van der Waals surface area contributed by atoms with Crippen LogP contribution in [0.5, 0.6) is 0 Å². The first kappa shape index (κ1) is 21.2. The van der Waals surface area contributed by atoms with E-state index in [4.69, 9.17) is 9.47 Å². The Morgan fingerprint density at radius 1 is 1.06 bits per heavy atom. The molecule has 5 rings (SSSR count). The Bertz CT molecular complexity index is 1150. The number of rotatable bonds is 4. The number of benzene rings is 2. The molecule has 0 bridgehead atoms. The van der Waals surface area contributed by atoms with Crippen molar-refractivity contribution in [1.82, 2.24) is 15.2 Å². The third-order valence-electron chi connectivity index (χ3n) is 6.35. The Balaban J connectivity index is 1.27. The van der Waals surface area contributed by atoms with Gasteiger partial charge in [-0.05, 0) is 33.9 Å². The van der Waals surface area contributed by atoms with Crippen LogP contribution < -0.4 is 5.32 Å². The largest absolute Gasteiger partial charge is 0.465 e. The minimum Gasteiger partial charge on any atom is -0.465 e. The maximum absolute atomic E-state index is 13.0. The van der Waals surface area contributed by atoms with Crippen LogP contribution in [-0.4, -0.2) is 55.3 Å². The van der Waals surface area contributed by atoms with Crippen LogP contribution in [0.3, 0.4) is 0 Å². The molecule has 2 aliphatic rings. The molecule has 0 radical (unpaired) electrons. The van der Waals surface area contributed by atoms with Crippen LogP contribution in [0.25, 0.3) is 11.1 Å². The van der Waals surface area contributed by atoms with Crippen molar-refractivity contribution in [2.75, 3.05) is 33.4 Å². The summed E-state index contributed by atoms with van der Waals surface area (Å²) in [5.74, 6) is -0.408. The first-order valence-electron chi connectivity index (χ1n) is 11.0. The highest BCUT2D eigenvalue weighted by molar-refractivity contribution is 5.89. The van der Waals surface area contributed by atoms with Crippen molar-refractivity contribution in [3.05, 3.63) is 89.2 Å². The van der Waals surface area contributed by atoms with Crippen LogP contribution in [0.1, 0.15) is 39.0 Å². The fourth-order valence-corrected chi connectivity index (χ4v) is 4.70. The molecule has 1 fully saturated rings. The van der Waals surface area contributed by atoms with Crippen molar-refractivity contribution in [3.8, 4) is 11.1 Å². The van der Waals surface area contributed by atoms with Gasteiger partial charge in [0.05, 0.1) is 18.7 Å². The van der Waals surface area contributed by atoms with Crippen LogP contribution in [-0.2, 0) is 9.47 Å². The molecule has 168 valence electrons. The number of piperazine rings is 1. The van der Waals surface area contributed by atoms with Crippen molar-refractivity contribution >= 4 is 12.1 Å². The molecule has 7 heteroatoms. The van der Waals surface area contributed by atoms with Gasteiger partial charge in [0.15, 0.2) is 0 Å². The van der Waals surface area contributed by atoms with Crippen LogP contribution >= 0.6 is 0 Å². The number of ether oxygens (including phenoxy) is 2. The molecule has 2 heterocycles. The summed E-state index contributed by atoms with van der Waals surface area (Å²) in [6.07, 6.45) is 2.84. The lowest BCUT2D eigenvalue weighted by molar-refractivity contribution is 0.0599. The summed E-state index contributed by atoms with van der Waals surface area (Å²) in [4.78, 5) is 30.7. The van der Waals surface area contributed by atoms with Crippen molar-refractivity contribution < 1.29 is 19.1 Å². The number of pyridine rings is 1. The van der Waals surface area contributed by atoms with Crippen LogP contribution in [0.4, 0.5) is 4.79 Å². The average molecular weight is 444 g/mol. The van der Waals surface area contributed by atoms with E-state index in [1.807, 2.05) is 24.3 Å². The Kier molecular flexibility index (Phi) is 5.79.